The monoisotopic (exact) mass is 279 g/mol. The number of anilines is 1. The minimum absolute atomic E-state index is 0.0883. The molecule has 0 fully saturated rings. The van der Waals surface area contributed by atoms with Crippen molar-refractivity contribution in [2.75, 3.05) is 39.7 Å². The first-order valence-corrected chi connectivity index (χ1v) is 6.33. The van der Waals surface area contributed by atoms with E-state index in [0.717, 1.165) is 0 Å². The van der Waals surface area contributed by atoms with Crippen LogP contribution >= 0.6 is 0 Å². The number of aromatic nitrogens is 1. The van der Waals surface area contributed by atoms with E-state index in [2.05, 4.69) is 9.72 Å². The number of ether oxygens (including phenoxy) is 1. The lowest BCUT2D eigenvalue weighted by atomic mass is 10.1. The molecular formula is C14H21N3O3. The second-order valence-corrected chi connectivity index (χ2v) is 4.91. The van der Waals surface area contributed by atoms with Gasteiger partial charge in [0.1, 0.15) is 5.82 Å². The summed E-state index contributed by atoms with van der Waals surface area (Å²) in [4.78, 5) is 30.7. The number of carbonyl (C=O) groups is 2. The molecule has 1 aromatic rings. The number of carbonyl (C=O) groups excluding carboxylic acids is 2. The first-order chi connectivity index (χ1) is 9.36. The molecule has 0 N–H and O–H groups in total. The van der Waals surface area contributed by atoms with Crippen molar-refractivity contribution in [1.29, 1.82) is 0 Å². The van der Waals surface area contributed by atoms with Crippen LogP contribution in [0.4, 0.5) is 5.82 Å². The number of hydrogen-bond acceptors (Lipinski definition) is 5. The minimum atomic E-state index is -0.253. The lowest BCUT2D eigenvalue weighted by molar-refractivity contribution is -0.144. The van der Waals surface area contributed by atoms with Gasteiger partial charge in [-0.1, -0.05) is 6.92 Å². The van der Waals surface area contributed by atoms with Gasteiger partial charge in [-0.25, -0.2) is 4.98 Å². The van der Waals surface area contributed by atoms with Crippen LogP contribution in [0.15, 0.2) is 18.3 Å². The van der Waals surface area contributed by atoms with Gasteiger partial charge in [-0.15, -0.1) is 0 Å². The molecular weight excluding hydrogens is 258 g/mol. The predicted octanol–water partition coefficient (Wildman–Crippen LogP) is 1.03. The summed E-state index contributed by atoms with van der Waals surface area (Å²) in [6.07, 6.45) is 1.54. The Morgan fingerprint density at radius 2 is 1.95 bits per heavy atom. The molecule has 1 unspecified atom stereocenters. The predicted molar refractivity (Wildman–Crippen MR) is 76.7 cm³/mol. The quantitative estimate of drug-likeness (QED) is 0.753. The summed E-state index contributed by atoms with van der Waals surface area (Å²) in [5.41, 5.74) is 0.535. The third-order valence-corrected chi connectivity index (χ3v) is 2.94. The van der Waals surface area contributed by atoms with Crippen molar-refractivity contribution in [3.8, 4) is 0 Å². The minimum Gasteiger partial charge on any atom is -0.469 e. The fourth-order valence-corrected chi connectivity index (χ4v) is 1.78. The molecule has 0 aromatic carbocycles. The van der Waals surface area contributed by atoms with E-state index in [1.54, 1.807) is 33.2 Å². The van der Waals surface area contributed by atoms with Gasteiger partial charge in [-0.3, -0.25) is 9.59 Å². The zero-order valence-electron chi connectivity index (χ0n) is 12.6. The molecule has 0 bridgehead atoms. The van der Waals surface area contributed by atoms with E-state index in [4.69, 9.17) is 0 Å². The van der Waals surface area contributed by atoms with Gasteiger partial charge >= 0.3 is 5.97 Å². The fraction of sp³-hybridized carbons (Fsp3) is 0.500. The Balaban J connectivity index is 2.73. The van der Waals surface area contributed by atoms with Crippen molar-refractivity contribution in [2.24, 2.45) is 5.92 Å². The highest BCUT2D eigenvalue weighted by molar-refractivity contribution is 5.93. The number of esters is 1. The molecule has 1 rings (SSSR count). The van der Waals surface area contributed by atoms with Crippen molar-refractivity contribution in [3.63, 3.8) is 0 Å². The summed E-state index contributed by atoms with van der Waals surface area (Å²) in [5.74, 6) is 0.122. The molecule has 0 saturated carbocycles. The van der Waals surface area contributed by atoms with Crippen LogP contribution in [0, 0.1) is 5.92 Å². The molecule has 110 valence electrons. The molecule has 0 saturated heterocycles. The van der Waals surface area contributed by atoms with Crippen LogP contribution < -0.4 is 4.90 Å². The SMILES string of the molecule is COC(=O)C(C)CN(C)c1ccc(C(=O)N(C)C)cn1. The van der Waals surface area contributed by atoms with E-state index >= 15 is 0 Å². The maximum atomic E-state index is 11.7. The Morgan fingerprint density at radius 1 is 1.30 bits per heavy atom. The topological polar surface area (TPSA) is 62.7 Å². The summed E-state index contributed by atoms with van der Waals surface area (Å²) >= 11 is 0. The zero-order chi connectivity index (χ0) is 15.3. The second-order valence-electron chi connectivity index (χ2n) is 4.91. The number of rotatable bonds is 5. The first-order valence-electron chi connectivity index (χ1n) is 6.33. The van der Waals surface area contributed by atoms with Crippen LogP contribution in [-0.2, 0) is 9.53 Å². The van der Waals surface area contributed by atoms with Crippen LogP contribution in [0.5, 0.6) is 0 Å². The highest BCUT2D eigenvalue weighted by atomic mass is 16.5. The third-order valence-electron chi connectivity index (χ3n) is 2.94. The standard InChI is InChI=1S/C14H21N3O3/c1-10(14(19)20-5)9-17(4)12-7-6-11(8-15-12)13(18)16(2)3/h6-8,10H,9H2,1-5H3. The van der Waals surface area contributed by atoms with Crippen molar-refractivity contribution in [1.82, 2.24) is 9.88 Å². The molecule has 6 heteroatoms. The van der Waals surface area contributed by atoms with Crippen LogP contribution in [0.25, 0.3) is 0 Å². The van der Waals surface area contributed by atoms with Gasteiger partial charge in [-0.05, 0) is 12.1 Å². The molecule has 0 radical (unpaired) electrons. The summed E-state index contributed by atoms with van der Waals surface area (Å²) in [5, 5.41) is 0. The molecule has 1 amide bonds. The van der Waals surface area contributed by atoms with Crippen molar-refractivity contribution < 1.29 is 14.3 Å². The van der Waals surface area contributed by atoms with Crippen LogP contribution in [0.1, 0.15) is 17.3 Å². The normalized spacial score (nSPS) is 11.7. The van der Waals surface area contributed by atoms with Gasteiger partial charge in [0.05, 0.1) is 18.6 Å². The molecule has 0 aliphatic rings. The van der Waals surface area contributed by atoms with Crippen LogP contribution in [0.3, 0.4) is 0 Å². The maximum absolute atomic E-state index is 11.7. The summed E-state index contributed by atoms with van der Waals surface area (Å²) in [7, 11) is 6.61. The number of amides is 1. The number of methoxy groups -OCH3 is 1. The fourth-order valence-electron chi connectivity index (χ4n) is 1.78. The van der Waals surface area contributed by atoms with Crippen LogP contribution in [-0.4, -0.2) is 56.6 Å². The zero-order valence-corrected chi connectivity index (χ0v) is 12.6. The van der Waals surface area contributed by atoms with Crippen molar-refractivity contribution >= 4 is 17.7 Å². The van der Waals surface area contributed by atoms with Crippen molar-refractivity contribution in [3.05, 3.63) is 23.9 Å². The van der Waals surface area contributed by atoms with E-state index in [0.29, 0.717) is 17.9 Å². The number of hydrogen-bond donors (Lipinski definition) is 0. The van der Waals surface area contributed by atoms with E-state index in [9.17, 15) is 9.59 Å². The molecule has 1 heterocycles. The second kappa shape index (κ2) is 6.88. The summed E-state index contributed by atoms with van der Waals surface area (Å²) in [6, 6.07) is 3.49. The molecule has 0 aliphatic heterocycles. The molecule has 1 aromatic heterocycles. The summed E-state index contributed by atoms with van der Waals surface area (Å²) < 4.78 is 4.69. The van der Waals surface area contributed by atoms with Gasteiger partial charge in [-0.2, -0.15) is 0 Å². The Kier molecular flexibility index (Phi) is 5.49. The van der Waals surface area contributed by atoms with E-state index in [-0.39, 0.29) is 17.8 Å². The van der Waals surface area contributed by atoms with Gasteiger partial charge in [0, 0.05) is 33.9 Å². The molecule has 0 spiro atoms. The van der Waals surface area contributed by atoms with E-state index in [1.807, 2.05) is 11.9 Å². The molecule has 0 aliphatic carbocycles. The highest BCUT2D eigenvalue weighted by Gasteiger charge is 2.16. The van der Waals surface area contributed by atoms with Crippen molar-refractivity contribution in [2.45, 2.75) is 6.92 Å². The van der Waals surface area contributed by atoms with Gasteiger partial charge in [0.15, 0.2) is 0 Å². The molecule has 6 nitrogen and oxygen atoms in total. The average molecular weight is 279 g/mol. The van der Waals surface area contributed by atoms with Gasteiger partial charge in [0.25, 0.3) is 5.91 Å². The average Bonchev–Trinajstić information content (AvgIpc) is 2.45. The lowest BCUT2D eigenvalue weighted by Gasteiger charge is -2.21. The first kappa shape index (κ1) is 15.9. The Hall–Kier alpha value is -2.11. The molecule has 20 heavy (non-hydrogen) atoms. The van der Waals surface area contributed by atoms with Gasteiger partial charge < -0.3 is 14.5 Å². The smallest absolute Gasteiger partial charge is 0.310 e. The largest absolute Gasteiger partial charge is 0.469 e. The highest BCUT2D eigenvalue weighted by Crippen LogP contribution is 2.13. The van der Waals surface area contributed by atoms with E-state index in [1.165, 1.54) is 18.2 Å². The molecule has 1 atom stereocenters. The van der Waals surface area contributed by atoms with Crippen LogP contribution in [0.2, 0.25) is 0 Å². The third kappa shape index (κ3) is 3.94. The Labute approximate surface area is 119 Å². The van der Waals surface area contributed by atoms with Gasteiger partial charge in [0.2, 0.25) is 0 Å². The maximum Gasteiger partial charge on any atom is 0.310 e. The van der Waals surface area contributed by atoms with E-state index < -0.39 is 0 Å². The Bertz CT molecular complexity index is 471. The lowest BCUT2D eigenvalue weighted by Crippen LogP contribution is -2.30. The number of pyridine rings is 1. The summed E-state index contributed by atoms with van der Waals surface area (Å²) in [6.45, 7) is 2.30. The number of nitrogens with zero attached hydrogens (tertiary/aromatic N) is 3. The Morgan fingerprint density at radius 3 is 2.40 bits per heavy atom.